The second kappa shape index (κ2) is 7.69. The lowest BCUT2D eigenvalue weighted by atomic mass is 9.87. The molecule has 0 N–H and O–H groups in total. The molecule has 0 aliphatic rings. The van der Waals surface area contributed by atoms with Crippen LogP contribution >= 0.6 is 0 Å². The molecule has 1 nitrogen and oxygen atoms in total. The van der Waals surface area contributed by atoms with E-state index in [9.17, 15) is 0 Å². The van der Waals surface area contributed by atoms with Crippen molar-refractivity contribution in [3.63, 3.8) is 0 Å². The van der Waals surface area contributed by atoms with Gasteiger partial charge in [0, 0.05) is 21.7 Å². The predicted octanol–water partition coefficient (Wildman–Crippen LogP) is 10.9. The number of benzene rings is 8. The van der Waals surface area contributed by atoms with Gasteiger partial charge in [0.25, 0.3) is 0 Å². The third kappa shape index (κ3) is 2.90. The molecule has 180 valence electrons. The molecule has 0 spiro atoms. The zero-order chi connectivity index (χ0) is 25.5. The van der Waals surface area contributed by atoms with Crippen LogP contribution in [0.2, 0.25) is 0 Å². The minimum Gasteiger partial charge on any atom is -0.455 e. The van der Waals surface area contributed by atoms with Crippen LogP contribution in [0.1, 0.15) is 0 Å². The minimum atomic E-state index is 0.956. The van der Waals surface area contributed by atoms with Gasteiger partial charge in [0.05, 0.1) is 0 Å². The Hall–Kier alpha value is -5.14. The molecule has 0 aliphatic carbocycles. The van der Waals surface area contributed by atoms with Crippen molar-refractivity contribution in [3.05, 3.63) is 133 Å². The van der Waals surface area contributed by atoms with E-state index >= 15 is 0 Å². The van der Waals surface area contributed by atoms with Gasteiger partial charge >= 0.3 is 0 Å². The van der Waals surface area contributed by atoms with Crippen LogP contribution < -0.4 is 0 Å². The molecule has 1 heteroatoms. The number of fused-ring (bicyclic) bond motifs is 1. The molecule has 0 radical (unpaired) electrons. The molecular formula is C38H22O. The Morgan fingerprint density at radius 3 is 1.67 bits per heavy atom. The molecule has 1 aromatic heterocycles. The summed E-state index contributed by atoms with van der Waals surface area (Å²) >= 11 is 0. The smallest absolute Gasteiger partial charge is 0.143 e. The molecule has 39 heavy (non-hydrogen) atoms. The number of hydrogen-bond donors (Lipinski definition) is 0. The fourth-order valence-electron chi connectivity index (χ4n) is 6.57. The first kappa shape index (κ1) is 20.9. The second-order valence-electron chi connectivity index (χ2n) is 10.5. The van der Waals surface area contributed by atoms with Crippen LogP contribution in [-0.2, 0) is 0 Å². The molecule has 0 atom stereocenters. The summed E-state index contributed by atoms with van der Waals surface area (Å²) < 4.78 is 6.64. The summed E-state index contributed by atoms with van der Waals surface area (Å²) in [6, 6.07) is 48.2. The molecule has 0 fully saturated rings. The summed E-state index contributed by atoms with van der Waals surface area (Å²) in [5.74, 6) is 0. The van der Waals surface area contributed by atoms with E-state index in [1.807, 2.05) is 0 Å². The molecular weight excluding hydrogens is 472 g/mol. The third-order valence-electron chi connectivity index (χ3n) is 8.40. The summed E-state index contributed by atoms with van der Waals surface area (Å²) in [5.41, 5.74) is 9.14. The summed E-state index contributed by atoms with van der Waals surface area (Å²) in [6.07, 6.45) is 0. The maximum absolute atomic E-state index is 6.64. The van der Waals surface area contributed by atoms with Crippen molar-refractivity contribution in [2.75, 3.05) is 0 Å². The van der Waals surface area contributed by atoms with Crippen molar-refractivity contribution in [2.24, 2.45) is 0 Å². The molecule has 0 bridgehead atoms. The van der Waals surface area contributed by atoms with Gasteiger partial charge < -0.3 is 4.42 Å². The van der Waals surface area contributed by atoms with Crippen LogP contribution in [-0.4, -0.2) is 0 Å². The lowest BCUT2D eigenvalue weighted by Crippen LogP contribution is -1.88. The van der Waals surface area contributed by atoms with Gasteiger partial charge in [0.15, 0.2) is 0 Å². The number of furan rings is 1. The highest BCUT2D eigenvalue weighted by molar-refractivity contribution is 6.40. The molecule has 0 saturated heterocycles. The fraction of sp³-hybridized carbons (Fsp3) is 0. The Kier molecular flexibility index (Phi) is 4.11. The Morgan fingerprint density at radius 1 is 0.359 bits per heavy atom. The Balaban J connectivity index is 1.22. The predicted molar refractivity (Wildman–Crippen MR) is 165 cm³/mol. The summed E-state index contributed by atoms with van der Waals surface area (Å²) in [4.78, 5) is 0. The highest BCUT2D eigenvalue weighted by Gasteiger charge is 2.22. The quantitative estimate of drug-likeness (QED) is 0.176. The molecule has 0 unspecified atom stereocenters. The van der Waals surface area contributed by atoms with Crippen molar-refractivity contribution in [1.29, 1.82) is 0 Å². The lowest BCUT2D eigenvalue weighted by Gasteiger charge is -2.14. The van der Waals surface area contributed by atoms with Crippen molar-refractivity contribution >= 4 is 54.3 Å². The molecule has 0 amide bonds. The van der Waals surface area contributed by atoms with Gasteiger partial charge in [-0.25, -0.2) is 0 Å². The van der Waals surface area contributed by atoms with Gasteiger partial charge in [-0.05, 0) is 66.9 Å². The molecule has 0 aliphatic heterocycles. The van der Waals surface area contributed by atoms with E-state index in [0.29, 0.717) is 0 Å². The average Bonchev–Trinajstić information content (AvgIpc) is 3.41. The standard InChI is InChI=1S/C38H22O/c1-2-6-23(7-3-1)24-12-14-25(15-13-24)26-16-18-27(19-17-26)32-22-29-21-20-28-8-4-9-30-31-10-5-11-33-36(31)37(38(32)39-33)35(29)34(28)30/h1-22H. The maximum atomic E-state index is 6.64. The monoisotopic (exact) mass is 494 g/mol. The zero-order valence-corrected chi connectivity index (χ0v) is 21.1. The van der Waals surface area contributed by atoms with Crippen LogP contribution in [0, 0.1) is 0 Å². The lowest BCUT2D eigenvalue weighted by molar-refractivity contribution is 0.670. The van der Waals surface area contributed by atoms with Crippen molar-refractivity contribution in [1.82, 2.24) is 0 Å². The van der Waals surface area contributed by atoms with E-state index in [1.54, 1.807) is 0 Å². The van der Waals surface area contributed by atoms with Crippen LogP contribution in [0.3, 0.4) is 0 Å². The van der Waals surface area contributed by atoms with Crippen molar-refractivity contribution < 1.29 is 4.42 Å². The van der Waals surface area contributed by atoms with E-state index in [2.05, 4.69) is 133 Å². The maximum Gasteiger partial charge on any atom is 0.143 e. The first-order valence-corrected chi connectivity index (χ1v) is 13.4. The van der Waals surface area contributed by atoms with Crippen molar-refractivity contribution in [2.45, 2.75) is 0 Å². The van der Waals surface area contributed by atoms with Gasteiger partial charge in [-0.15, -0.1) is 0 Å². The van der Waals surface area contributed by atoms with Gasteiger partial charge in [-0.1, -0.05) is 121 Å². The molecule has 8 aromatic carbocycles. The molecule has 9 aromatic rings. The Labute approximate surface area is 225 Å². The summed E-state index contributed by atoms with van der Waals surface area (Å²) in [6.45, 7) is 0. The van der Waals surface area contributed by atoms with Gasteiger partial charge in [-0.2, -0.15) is 0 Å². The highest BCUT2D eigenvalue weighted by Crippen LogP contribution is 2.49. The zero-order valence-electron chi connectivity index (χ0n) is 21.1. The van der Waals surface area contributed by atoms with Crippen molar-refractivity contribution in [3.8, 4) is 33.4 Å². The largest absolute Gasteiger partial charge is 0.455 e. The van der Waals surface area contributed by atoms with Crippen LogP contribution in [0.25, 0.3) is 87.6 Å². The minimum absolute atomic E-state index is 0.956. The van der Waals surface area contributed by atoms with E-state index < -0.39 is 0 Å². The highest BCUT2D eigenvalue weighted by atomic mass is 16.3. The van der Waals surface area contributed by atoms with Crippen LogP contribution in [0.15, 0.2) is 138 Å². The van der Waals surface area contributed by atoms with Gasteiger partial charge in [0.1, 0.15) is 11.2 Å². The van der Waals surface area contributed by atoms with Crippen LogP contribution in [0.5, 0.6) is 0 Å². The first-order chi connectivity index (χ1) is 19.3. The van der Waals surface area contributed by atoms with Crippen LogP contribution in [0.4, 0.5) is 0 Å². The topological polar surface area (TPSA) is 13.1 Å². The second-order valence-corrected chi connectivity index (χ2v) is 10.5. The third-order valence-corrected chi connectivity index (χ3v) is 8.40. The van der Waals surface area contributed by atoms with Gasteiger partial charge in [0.2, 0.25) is 0 Å². The summed E-state index contributed by atoms with van der Waals surface area (Å²) in [5, 5.41) is 10.2. The molecule has 9 rings (SSSR count). The van der Waals surface area contributed by atoms with E-state index in [4.69, 9.17) is 4.42 Å². The average molecular weight is 495 g/mol. The Bertz CT molecular complexity index is 2290. The van der Waals surface area contributed by atoms with Gasteiger partial charge in [-0.3, -0.25) is 0 Å². The molecule has 1 heterocycles. The van der Waals surface area contributed by atoms with E-state index in [1.165, 1.54) is 70.9 Å². The normalized spacial score (nSPS) is 12.1. The number of hydrogen-bond acceptors (Lipinski definition) is 1. The SMILES string of the molecule is c1ccc(-c2ccc(-c3ccc(-c4cc5ccc6cccc7c8cccc9oc4c(c98)c5c67)cc3)cc2)cc1. The first-order valence-electron chi connectivity index (χ1n) is 13.4. The molecule has 0 saturated carbocycles. The fourth-order valence-corrected chi connectivity index (χ4v) is 6.57. The van der Waals surface area contributed by atoms with E-state index in [-0.39, 0.29) is 0 Å². The summed E-state index contributed by atoms with van der Waals surface area (Å²) in [7, 11) is 0. The van der Waals surface area contributed by atoms with E-state index in [0.717, 1.165) is 16.7 Å². The Morgan fingerprint density at radius 2 is 0.949 bits per heavy atom. The number of rotatable bonds is 3.